The van der Waals surface area contributed by atoms with Gasteiger partial charge in [-0.3, -0.25) is 4.90 Å². The molecule has 0 saturated carbocycles. The Hall–Kier alpha value is -0.610. The second kappa shape index (κ2) is 7.74. The number of aliphatic hydroxyl groups excluding tert-OH is 2. The van der Waals surface area contributed by atoms with Crippen LogP contribution >= 0.6 is 11.6 Å². The van der Waals surface area contributed by atoms with Gasteiger partial charge in [0.2, 0.25) is 0 Å². The molecule has 0 aliphatic carbocycles. The summed E-state index contributed by atoms with van der Waals surface area (Å²) in [6.07, 6.45) is 0.728. The molecule has 0 aromatic heterocycles. The van der Waals surface area contributed by atoms with Crippen LogP contribution in [0.25, 0.3) is 0 Å². The van der Waals surface area contributed by atoms with Crippen LogP contribution < -0.4 is 0 Å². The van der Waals surface area contributed by atoms with Crippen LogP contribution in [0.15, 0.2) is 12.1 Å². The summed E-state index contributed by atoms with van der Waals surface area (Å²) in [6, 6.07) is 3.93. The number of aryl methyl sites for hydroxylation is 2. The fourth-order valence-electron chi connectivity index (χ4n) is 2.12. The molecule has 0 aliphatic heterocycles. The lowest BCUT2D eigenvalue weighted by molar-refractivity contribution is 0.174. The van der Waals surface area contributed by atoms with Crippen molar-refractivity contribution in [3.05, 3.63) is 33.8 Å². The van der Waals surface area contributed by atoms with Gasteiger partial charge in [-0.1, -0.05) is 11.6 Å². The molecule has 3 nitrogen and oxygen atoms in total. The van der Waals surface area contributed by atoms with Crippen molar-refractivity contribution in [3.8, 4) is 0 Å². The van der Waals surface area contributed by atoms with E-state index >= 15 is 0 Å². The van der Waals surface area contributed by atoms with E-state index in [1.165, 1.54) is 16.7 Å². The minimum atomic E-state index is 0.136. The third kappa shape index (κ3) is 4.58. The maximum atomic E-state index is 9.07. The molecule has 0 heterocycles. The average Bonchev–Trinajstić information content (AvgIpc) is 2.30. The molecular formula is C14H22ClNO2. The third-order valence-electron chi connectivity index (χ3n) is 3.09. The predicted molar refractivity (Wildman–Crippen MR) is 75.0 cm³/mol. The highest BCUT2D eigenvalue weighted by Gasteiger charge is 2.10. The summed E-state index contributed by atoms with van der Waals surface area (Å²) in [5, 5.41) is 18.7. The van der Waals surface area contributed by atoms with E-state index in [4.69, 9.17) is 21.8 Å². The summed E-state index contributed by atoms with van der Waals surface area (Å²) in [7, 11) is 0. The molecule has 1 rings (SSSR count). The van der Waals surface area contributed by atoms with Crippen LogP contribution in [-0.4, -0.2) is 41.4 Å². The van der Waals surface area contributed by atoms with Gasteiger partial charge in [-0.2, -0.15) is 0 Å². The second-order valence-electron chi connectivity index (χ2n) is 4.60. The van der Waals surface area contributed by atoms with E-state index in [0.29, 0.717) is 6.54 Å². The van der Waals surface area contributed by atoms with Crippen LogP contribution in [0.3, 0.4) is 0 Å². The number of nitrogens with zero attached hydrogens (tertiary/aromatic N) is 1. The van der Waals surface area contributed by atoms with E-state index in [0.717, 1.165) is 24.5 Å². The van der Waals surface area contributed by atoms with Crippen LogP contribution in [0.2, 0.25) is 5.02 Å². The molecule has 0 amide bonds. The molecule has 0 atom stereocenters. The highest BCUT2D eigenvalue weighted by Crippen LogP contribution is 2.21. The predicted octanol–water partition coefficient (Wildman–Crippen LogP) is 2.13. The van der Waals surface area contributed by atoms with E-state index < -0.39 is 0 Å². The molecule has 0 bridgehead atoms. The smallest absolute Gasteiger partial charge is 0.0558 e. The second-order valence-corrected chi connectivity index (χ2v) is 5.03. The minimum Gasteiger partial charge on any atom is -0.396 e. The maximum absolute atomic E-state index is 9.07. The molecule has 0 unspecified atom stereocenters. The molecule has 0 radical (unpaired) electrons. The monoisotopic (exact) mass is 271 g/mol. The fourth-order valence-corrected chi connectivity index (χ4v) is 2.45. The van der Waals surface area contributed by atoms with E-state index in [2.05, 4.69) is 18.7 Å². The summed E-state index contributed by atoms with van der Waals surface area (Å²) >= 11 is 6.02. The van der Waals surface area contributed by atoms with E-state index in [-0.39, 0.29) is 13.2 Å². The van der Waals surface area contributed by atoms with Gasteiger partial charge < -0.3 is 10.2 Å². The van der Waals surface area contributed by atoms with Gasteiger partial charge in [0.1, 0.15) is 0 Å². The largest absolute Gasteiger partial charge is 0.396 e. The highest BCUT2D eigenvalue weighted by atomic mass is 35.5. The maximum Gasteiger partial charge on any atom is 0.0558 e. The Morgan fingerprint density at radius 3 is 2.17 bits per heavy atom. The summed E-state index contributed by atoms with van der Waals surface area (Å²) in [6.45, 7) is 6.63. The Kier molecular flexibility index (Phi) is 6.65. The van der Waals surface area contributed by atoms with Gasteiger partial charge in [0.15, 0.2) is 0 Å². The first-order valence-electron chi connectivity index (χ1n) is 6.28. The van der Waals surface area contributed by atoms with E-state index in [9.17, 15) is 0 Å². The van der Waals surface area contributed by atoms with Gasteiger partial charge in [-0.15, -0.1) is 0 Å². The summed E-state index contributed by atoms with van der Waals surface area (Å²) in [4.78, 5) is 2.15. The van der Waals surface area contributed by atoms with Crippen LogP contribution in [0.1, 0.15) is 23.1 Å². The molecule has 2 N–H and O–H groups in total. The van der Waals surface area contributed by atoms with Crippen molar-refractivity contribution < 1.29 is 10.2 Å². The number of hydrogen-bond acceptors (Lipinski definition) is 3. The molecule has 1 aromatic carbocycles. The average molecular weight is 272 g/mol. The molecule has 0 fully saturated rings. The number of aliphatic hydroxyl groups is 2. The molecule has 4 heteroatoms. The SMILES string of the molecule is Cc1cc(Cl)cc(C)c1CN(CCO)CCCO. The normalized spacial score (nSPS) is 11.2. The molecule has 0 saturated heterocycles. The standard InChI is InChI=1S/C14H22ClNO2/c1-11-8-13(15)9-12(2)14(11)10-16(5-7-18)4-3-6-17/h8-9,17-18H,3-7,10H2,1-2H3. The summed E-state index contributed by atoms with van der Waals surface area (Å²) < 4.78 is 0. The van der Waals surface area contributed by atoms with Crippen molar-refractivity contribution in [3.63, 3.8) is 0 Å². The fraction of sp³-hybridized carbons (Fsp3) is 0.571. The van der Waals surface area contributed by atoms with Crippen molar-refractivity contribution in [1.82, 2.24) is 4.90 Å². The zero-order valence-electron chi connectivity index (χ0n) is 11.1. The van der Waals surface area contributed by atoms with Crippen LogP contribution in [0.4, 0.5) is 0 Å². The van der Waals surface area contributed by atoms with Gasteiger partial charge in [0, 0.05) is 31.3 Å². The molecule has 0 spiro atoms. The Labute approximate surface area is 114 Å². The van der Waals surface area contributed by atoms with Crippen LogP contribution in [0, 0.1) is 13.8 Å². The number of hydrogen-bond donors (Lipinski definition) is 2. The zero-order valence-corrected chi connectivity index (χ0v) is 11.9. The van der Waals surface area contributed by atoms with Crippen molar-refractivity contribution >= 4 is 11.6 Å². The lowest BCUT2D eigenvalue weighted by Crippen LogP contribution is -2.28. The van der Waals surface area contributed by atoms with Crippen molar-refractivity contribution in [2.75, 3.05) is 26.3 Å². The summed E-state index contributed by atoms with van der Waals surface area (Å²) in [5.74, 6) is 0. The van der Waals surface area contributed by atoms with E-state index in [1.54, 1.807) is 0 Å². The van der Waals surface area contributed by atoms with Gasteiger partial charge in [0.25, 0.3) is 0 Å². The number of benzene rings is 1. The Morgan fingerprint density at radius 1 is 1.06 bits per heavy atom. The van der Waals surface area contributed by atoms with Crippen LogP contribution in [0.5, 0.6) is 0 Å². The van der Waals surface area contributed by atoms with Crippen molar-refractivity contribution in [2.45, 2.75) is 26.8 Å². The molecule has 1 aromatic rings. The molecular weight excluding hydrogens is 250 g/mol. The number of halogens is 1. The van der Waals surface area contributed by atoms with Crippen LogP contribution in [-0.2, 0) is 6.54 Å². The quantitative estimate of drug-likeness (QED) is 0.799. The third-order valence-corrected chi connectivity index (χ3v) is 3.31. The lowest BCUT2D eigenvalue weighted by atomic mass is 10.0. The van der Waals surface area contributed by atoms with E-state index in [1.807, 2.05) is 12.1 Å². The zero-order chi connectivity index (χ0) is 13.5. The first-order valence-corrected chi connectivity index (χ1v) is 6.66. The Morgan fingerprint density at radius 2 is 1.67 bits per heavy atom. The summed E-state index contributed by atoms with van der Waals surface area (Å²) in [5.41, 5.74) is 3.60. The van der Waals surface area contributed by atoms with Gasteiger partial charge >= 0.3 is 0 Å². The Bertz CT molecular complexity index is 359. The van der Waals surface area contributed by atoms with Gasteiger partial charge in [-0.05, 0) is 49.1 Å². The number of rotatable bonds is 7. The topological polar surface area (TPSA) is 43.7 Å². The first-order chi connectivity index (χ1) is 8.58. The van der Waals surface area contributed by atoms with Gasteiger partial charge in [-0.25, -0.2) is 0 Å². The van der Waals surface area contributed by atoms with Crippen molar-refractivity contribution in [2.24, 2.45) is 0 Å². The molecule has 102 valence electrons. The Balaban J connectivity index is 2.79. The molecule has 0 aliphatic rings. The highest BCUT2D eigenvalue weighted by molar-refractivity contribution is 6.30. The van der Waals surface area contributed by atoms with Crippen molar-refractivity contribution in [1.29, 1.82) is 0 Å². The lowest BCUT2D eigenvalue weighted by Gasteiger charge is -2.23. The van der Waals surface area contributed by atoms with Gasteiger partial charge in [0.05, 0.1) is 6.61 Å². The first kappa shape index (κ1) is 15.4. The minimum absolute atomic E-state index is 0.136. The molecule has 18 heavy (non-hydrogen) atoms.